The number of thioether (sulfide) groups is 1. The number of carbonyl (C=O) groups excluding carboxylic acids is 2. The molecule has 0 saturated carbocycles. The Kier molecular flexibility index (Phi) is 5.70. The third kappa shape index (κ3) is 4.62. The van der Waals surface area contributed by atoms with Crippen molar-refractivity contribution >= 4 is 29.4 Å². The van der Waals surface area contributed by atoms with Crippen molar-refractivity contribution in [3.05, 3.63) is 52.8 Å². The van der Waals surface area contributed by atoms with Gasteiger partial charge in [0.15, 0.2) is 0 Å². The number of carbonyl (C=O) groups is 2. The van der Waals surface area contributed by atoms with E-state index in [0.717, 1.165) is 17.0 Å². The molecule has 0 aliphatic carbocycles. The van der Waals surface area contributed by atoms with Crippen LogP contribution in [0.2, 0.25) is 0 Å². The van der Waals surface area contributed by atoms with Crippen LogP contribution in [0.3, 0.4) is 0 Å². The summed E-state index contributed by atoms with van der Waals surface area (Å²) in [6.07, 6.45) is 0. The molecule has 0 atom stereocenters. The van der Waals surface area contributed by atoms with E-state index in [4.69, 9.17) is 0 Å². The van der Waals surface area contributed by atoms with Crippen molar-refractivity contribution in [3.63, 3.8) is 0 Å². The van der Waals surface area contributed by atoms with Gasteiger partial charge in [-0.3, -0.25) is 4.79 Å². The monoisotopic (exact) mass is 385 g/mol. The van der Waals surface area contributed by atoms with E-state index in [1.807, 2.05) is 19.9 Å². The summed E-state index contributed by atoms with van der Waals surface area (Å²) in [7, 11) is 1.34. The molecular weight excluding hydrogens is 366 g/mol. The van der Waals surface area contributed by atoms with Crippen LogP contribution in [-0.4, -0.2) is 44.3 Å². The lowest BCUT2D eigenvalue weighted by Crippen LogP contribution is -2.24. The molecule has 3 aromatic rings. The zero-order valence-electron chi connectivity index (χ0n) is 15.2. The Morgan fingerprint density at radius 1 is 1.19 bits per heavy atom. The summed E-state index contributed by atoms with van der Waals surface area (Å²) < 4.78 is 6.32. The molecule has 0 saturated heterocycles. The van der Waals surface area contributed by atoms with Gasteiger partial charge in [-0.05, 0) is 37.6 Å². The third-order valence-corrected chi connectivity index (χ3v) is 4.63. The highest BCUT2D eigenvalue weighted by Gasteiger charge is 2.11. The fourth-order valence-electron chi connectivity index (χ4n) is 2.47. The third-order valence-electron chi connectivity index (χ3n) is 3.80. The Bertz CT molecular complexity index is 985. The molecule has 0 spiro atoms. The predicted molar refractivity (Wildman–Crippen MR) is 101 cm³/mol. The molecular formula is C18H19N5O3S. The van der Waals surface area contributed by atoms with Gasteiger partial charge in [0.1, 0.15) is 0 Å². The summed E-state index contributed by atoms with van der Waals surface area (Å²) in [5.74, 6) is 0.217. The summed E-state index contributed by atoms with van der Waals surface area (Å²) in [5, 5.41) is 7.70. The Morgan fingerprint density at radius 2 is 1.93 bits per heavy atom. The highest BCUT2D eigenvalue weighted by molar-refractivity contribution is 7.99. The number of aryl methyl sites for hydroxylation is 2. The number of ether oxygens (including phenoxy) is 1. The summed E-state index contributed by atoms with van der Waals surface area (Å²) in [4.78, 5) is 32.1. The average molecular weight is 385 g/mol. The fraction of sp³-hybridized carbons (Fsp3) is 0.278. The van der Waals surface area contributed by atoms with Crippen molar-refractivity contribution in [1.29, 1.82) is 0 Å². The first kappa shape index (κ1) is 18.8. The molecule has 2 aromatic heterocycles. The van der Waals surface area contributed by atoms with E-state index in [1.165, 1.54) is 18.9 Å². The molecule has 9 heteroatoms. The predicted octanol–water partition coefficient (Wildman–Crippen LogP) is 1.94. The number of amides is 1. The van der Waals surface area contributed by atoms with Crippen molar-refractivity contribution in [2.45, 2.75) is 25.5 Å². The van der Waals surface area contributed by atoms with E-state index in [0.29, 0.717) is 23.0 Å². The minimum atomic E-state index is -0.387. The van der Waals surface area contributed by atoms with Gasteiger partial charge in [-0.1, -0.05) is 23.9 Å². The van der Waals surface area contributed by atoms with E-state index < -0.39 is 0 Å². The van der Waals surface area contributed by atoms with Crippen molar-refractivity contribution in [1.82, 2.24) is 24.9 Å². The molecule has 3 rings (SSSR count). The average Bonchev–Trinajstić information content (AvgIpc) is 3.07. The first-order chi connectivity index (χ1) is 13.0. The molecule has 1 amide bonds. The highest BCUT2D eigenvalue weighted by atomic mass is 32.2. The standard InChI is InChI=1S/C18H19N5O3S/c1-11-8-12(2)23-17(20-11)21-18(22-23)27-10-15(24)19-9-13-4-6-14(7-5-13)16(25)26-3/h4-8H,9-10H2,1-3H3,(H,19,24). The molecule has 1 N–H and O–H groups in total. The van der Waals surface area contributed by atoms with Gasteiger partial charge in [0.25, 0.3) is 5.78 Å². The van der Waals surface area contributed by atoms with Crippen LogP contribution in [0, 0.1) is 13.8 Å². The second kappa shape index (κ2) is 8.17. The van der Waals surface area contributed by atoms with Crippen molar-refractivity contribution in [2.75, 3.05) is 12.9 Å². The Labute approximate surface area is 160 Å². The lowest BCUT2D eigenvalue weighted by molar-refractivity contribution is -0.118. The van der Waals surface area contributed by atoms with Crippen LogP contribution in [0.4, 0.5) is 0 Å². The number of aromatic nitrogens is 4. The van der Waals surface area contributed by atoms with E-state index in [2.05, 4.69) is 25.1 Å². The number of fused-ring (bicyclic) bond motifs is 1. The van der Waals surface area contributed by atoms with Gasteiger partial charge in [0.2, 0.25) is 11.1 Å². The van der Waals surface area contributed by atoms with Gasteiger partial charge in [0.05, 0.1) is 18.4 Å². The van der Waals surface area contributed by atoms with Crippen LogP contribution in [-0.2, 0) is 16.1 Å². The van der Waals surface area contributed by atoms with Gasteiger partial charge >= 0.3 is 5.97 Å². The number of nitrogens with one attached hydrogen (secondary N) is 1. The van der Waals surface area contributed by atoms with Crippen LogP contribution in [0.15, 0.2) is 35.5 Å². The summed E-state index contributed by atoms with van der Waals surface area (Å²) >= 11 is 1.26. The first-order valence-electron chi connectivity index (χ1n) is 8.24. The van der Waals surface area contributed by atoms with E-state index in [1.54, 1.807) is 28.8 Å². The number of methoxy groups -OCH3 is 1. The van der Waals surface area contributed by atoms with Gasteiger partial charge in [-0.2, -0.15) is 4.98 Å². The second-order valence-corrected chi connectivity index (χ2v) is 6.84. The number of rotatable bonds is 6. The molecule has 0 bridgehead atoms. The molecule has 27 heavy (non-hydrogen) atoms. The van der Waals surface area contributed by atoms with Crippen LogP contribution >= 0.6 is 11.8 Å². The van der Waals surface area contributed by atoms with Crippen LogP contribution in [0.5, 0.6) is 0 Å². The number of esters is 1. The normalized spacial score (nSPS) is 10.8. The van der Waals surface area contributed by atoms with Crippen LogP contribution < -0.4 is 5.32 Å². The lowest BCUT2D eigenvalue weighted by atomic mass is 10.1. The molecule has 0 aliphatic heterocycles. The Balaban J connectivity index is 1.52. The van der Waals surface area contributed by atoms with Gasteiger partial charge in [-0.15, -0.1) is 5.10 Å². The van der Waals surface area contributed by atoms with Gasteiger partial charge in [0, 0.05) is 17.9 Å². The molecule has 1 aromatic carbocycles. The fourth-order valence-corrected chi connectivity index (χ4v) is 3.12. The summed E-state index contributed by atoms with van der Waals surface area (Å²) in [6.45, 7) is 4.21. The molecule has 0 unspecified atom stereocenters. The van der Waals surface area contributed by atoms with Crippen molar-refractivity contribution < 1.29 is 14.3 Å². The quantitative estimate of drug-likeness (QED) is 0.511. The van der Waals surface area contributed by atoms with Gasteiger partial charge < -0.3 is 10.1 Å². The molecule has 140 valence electrons. The second-order valence-electron chi connectivity index (χ2n) is 5.90. The maximum Gasteiger partial charge on any atom is 0.337 e. The molecule has 0 radical (unpaired) electrons. The SMILES string of the molecule is COC(=O)c1ccc(CNC(=O)CSc2nc3nc(C)cc(C)n3n2)cc1. The van der Waals surface area contributed by atoms with Gasteiger partial charge in [-0.25, -0.2) is 14.3 Å². The maximum absolute atomic E-state index is 12.1. The van der Waals surface area contributed by atoms with E-state index in [-0.39, 0.29) is 17.6 Å². The number of hydrogen-bond acceptors (Lipinski definition) is 7. The van der Waals surface area contributed by atoms with E-state index >= 15 is 0 Å². The minimum absolute atomic E-state index is 0.128. The van der Waals surface area contributed by atoms with Crippen LogP contribution in [0.1, 0.15) is 27.3 Å². The molecule has 8 nitrogen and oxygen atoms in total. The summed E-state index contributed by atoms with van der Waals surface area (Å²) in [6, 6.07) is 8.81. The van der Waals surface area contributed by atoms with Crippen molar-refractivity contribution in [2.24, 2.45) is 0 Å². The molecule has 0 fully saturated rings. The minimum Gasteiger partial charge on any atom is -0.465 e. The maximum atomic E-state index is 12.1. The Hall–Kier alpha value is -2.94. The first-order valence-corrected chi connectivity index (χ1v) is 9.22. The van der Waals surface area contributed by atoms with Crippen LogP contribution in [0.25, 0.3) is 5.78 Å². The topological polar surface area (TPSA) is 98.5 Å². The molecule has 0 aliphatic rings. The van der Waals surface area contributed by atoms with Crippen molar-refractivity contribution in [3.8, 4) is 0 Å². The number of hydrogen-bond donors (Lipinski definition) is 1. The van der Waals surface area contributed by atoms with E-state index in [9.17, 15) is 9.59 Å². The zero-order valence-corrected chi connectivity index (χ0v) is 16.0. The Morgan fingerprint density at radius 3 is 2.63 bits per heavy atom. The smallest absolute Gasteiger partial charge is 0.337 e. The number of benzene rings is 1. The highest BCUT2D eigenvalue weighted by Crippen LogP contribution is 2.15. The zero-order chi connectivity index (χ0) is 19.4. The molecule has 2 heterocycles. The lowest BCUT2D eigenvalue weighted by Gasteiger charge is -2.05. The largest absolute Gasteiger partial charge is 0.465 e. The summed E-state index contributed by atoms with van der Waals surface area (Å²) in [5.41, 5.74) is 3.18. The number of nitrogens with zero attached hydrogens (tertiary/aromatic N) is 4.